The van der Waals surface area contributed by atoms with Crippen molar-refractivity contribution in [2.45, 2.75) is 50.5 Å². The highest BCUT2D eigenvalue weighted by molar-refractivity contribution is 7.11. The second kappa shape index (κ2) is 4.94. The second-order valence-electron chi connectivity index (χ2n) is 4.62. The monoisotopic (exact) mass is 261 g/mol. The van der Waals surface area contributed by atoms with Gasteiger partial charge in [-0.15, -0.1) is 10.2 Å². The maximum atomic E-state index is 13.0. The number of aromatic nitrogens is 2. The normalized spacial score (nSPS) is 22.6. The predicted octanol–water partition coefficient (Wildman–Crippen LogP) is 3.11. The molecule has 2 rings (SSSR count). The lowest BCUT2D eigenvalue weighted by atomic mass is 9.87. The highest BCUT2D eigenvalue weighted by atomic mass is 32.1. The Morgan fingerprint density at radius 3 is 2.59 bits per heavy atom. The summed E-state index contributed by atoms with van der Waals surface area (Å²) in [5, 5.41) is 13.2. The van der Waals surface area contributed by atoms with Crippen LogP contribution in [0.2, 0.25) is 0 Å². The van der Waals surface area contributed by atoms with Crippen molar-refractivity contribution in [3.05, 3.63) is 10.0 Å². The topological polar surface area (TPSA) is 37.8 Å². The number of rotatable bonds is 3. The van der Waals surface area contributed by atoms with Crippen LogP contribution in [0, 0.1) is 0 Å². The van der Waals surface area contributed by atoms with E-state index in [4.69, 9.17) is 0 Å². The first-order valence-electron chi connectivity index (χ1n) is 5.90. The van der Waals surface area contributed by atoms with E-state index in [0.717, 1.165) is 10.0 Å². The maximum absolute atomic E-state index is 13.0. The van der Waals surface area contributed by atoms with E-state index in [1.807, 2.05) is 14.0 Å². The third-order valence-electron chi connectivity index (χ3n) is 3.33. The lowest BCUT2D eigenvalue weighted by Gasteiger charge is -2.26. The van der Waals surface area contributed by atoms with Gasteiger partial charge < -0.3 is 5.32 Å². The molecular weight excluding hydrogens is 244 g/mol. The van der Waals surface area contributed by atoms with Gasteiger partial charge in [0, 0.05) is 18.8 Å². The van der Waals surface area contributed by atoms with Crippen LogP contribution >= 0.6 is 11.3 Å². The summed E-state index contributed by atoms with van der Waals surface area (Å²) in [6, 6.07) is 0.172. The zero-order valence-corrected chi connectivity index (χ0v) is 10.9. The van der Waals surface area contributed by atoms with Crippen LogP contribution in [0.3, 0.4) is 0 Å². The molecule has 1 heterocycles. The molecule has 1 aromatic rings. The summed E-state index contributed by atoms with van der Waals surface area (Å²) >= 11 is 1.54. The SMILES string of the molecule is CNC(C)c1nnc(C2CCC(F)(F)CC2)s1. The fourth-order valence-electron chi connectivity index (χ4n) is 2.00. The van der Waals surface area contributed by atoms with E-state index in [-0.39, 0.29) is 24.8 Å². The molecule has 0 saturated heterocycles. The smallest absolute Gasteiger partial charge is 0.248 e. The molecule has 1 atom stereocenters. The maximum Gasteiger partial charge on any atom is 0.248 e. The minimum Gasteiger partial charge on any atom is -0.311 e. The quantitative estimate of drug-likeness (QED) is 0.908. The van der Waals surface area contributed by atoms with E-state index < -0.39 is 5.92 Å². The van der Waals surface area contributed by atoms with Crippen LogP contribution in [-0.2, 0) is 0 Å². The summed E-state index contributed by atoms with van der Waals surface area (Å²) < 4.78 is 26.1. The molecule has 3 nitrogen and oxygen atoms in total. The molecule has 1 N–H and O–H groups in total. The minimum absolute atomic E-state index is 0.0197. The number of hydrogen-bond acceptors (Lipinski definition) is 4. The molecule has 0 radical (unpaired) electrons. The Kier molecular flexibility index (Phi) is 3.73. The molecule has 0 aromatic carbocycles. The molecule has 6 heteroatoms. The van der Waals surface area contributed by atoms with Crippen LogP contribution in [0.25, 0.3) is 0 Å². The zero-order chi connectivity index (χ0) is 12.5. The van der Waals surface area contributed by atoms with Crippen LogP contribution in [0.5, 0.6) is 0 Å². The summed E-state index contributed by atoms with van der Waals surface area (Å²) in [6.07, 6.45) is 1.01. The summed E-state index contributed by atoms with van der Waals surface area (Å²) in [4.78, 5) is 0. The Bertz CT molecular complexity index is 371. The van der Waals surface area contributed by atoms with Crippen LogP contribution in [0.1, 0.15) is 54.6 Å². The van der Waals surface area contributed by atoms with Gasteiger partial charge in [-0.1, -0.05) is 11.3 Å². The van der Waals surface area contributed by atoms with Crippen molar-refractivity contribution < 1.29 is 8.78 Å². The highest BCUT2D eigenvalue weighted by Gasteiger charge is 2.36. The van der Waals surface area contributed by atoms with Crippen LogP contribution in [-0.4, -0.2) is 23.2 Å². The van der Waals surface area contributed by atoms with Gasteiger partial charge in [0.15, 0.2) is 0 Å². The van der Waals surface area contributed by atoms with E-state index in [2.05, 4.69) is 15.5 Å². The van der Waals surface area contributed by atoms with E-state index >= 15 is 0 Å². The Morgan fingerprint density at radius 2 is 2.00 bits per heavy atom. The molecule has 1 unspecified atom stereocenters. The van der Waals surface area contributed by atoms with Crippen LogP contribution in [0.15, 0.2) is 0 Å². The summed E-state index contributed by atoms with van der Waals surface area (Å²) in [5.41, 5.74) is 0. The van der Waals surface area contributed by atoms with Crippen LogP contribution < -0.4 is 5.32 Å². The van der Waals surface area contributed by atoms with Gasteiger partial charge in [-0.25, -0.2) is 8.78 Å². The van der Waals surface area contributed by atoms with E-state index in [0.29, 0.717) is 12.8 Å². The number of nitrogens with one attached hydrogen (secondary N) is 1. The van der Waals surface area contributed by atoms with E-state index in [1.54, 1.807) is 11.3 Å². The fourth-order valence-corrected chi connectivity index (χ4v) is 3.07. The van der Waals surface area contributed by atoms with Gasteiger partial charge in [0.1, 0.15) is 10.0 Å². The molecule has 1 fully saturated rings. The molecule has 0 amide bonds. The Hall–Kier alpha value is -0.620. The average molecular weight is 261 g/mol. The van der Waals surface area contributed by atoms with Crippen LogP contribution in [0.4, 0.5) is 8.78 Å². The van der Waals surface area contributed by atoms with Crippen molar-refractivity contribution in [1.29, 1.82) is 0 Å². The fraction of sp³-hybridized carbons (Fsp3) is 0.818. The van der Waals surface area contributed by atoms with Crippen molar-refractivity contribution >= 4 is 11.3 Å². The number of hydrogen-bond donors (Lipinski definition) is 1. The van der Waals surface area contributed by atoms with Gasteiger partial charge in [-0.2, -0.15) is 0 Å². The molecule has 0 bridgehead atoms. The lowest BCUT2D eigenvalue weighted by molar-refractivity contribution is -0.0382. The van der Waals surface area contributed by atoms with Gasteiger partial charge in [0.25, 0.3) is 0 Å². The van der Waals surface area contributed by atoms with E-state index in [1.165, 1.54) is 0 Å². The van der Waals surface area contributed by atoms with Crippen molar-refractivity contribution in [2.24, 2.45) is 0 Å². The first-order valence-corrected chi connectivity index (χ1v) is 6.72. The number of halogens is 2. The van der Waals surface area contributed by atoms with Gasteiger partial charge in [-0.05, 0) is 26.8 Å². The third-order valence-corrected chi connectivity index (χ3v) is 4.59. The molecular formula is C11H17F2N3S. The zero-order valence-electron chi connectivity index (χ0n) is 10.0. The van der Waals surface area contributed by atoms with Crippen molar-refractivity contribution in [1.82, 2.24) is 15.5 Å². The molecule has 1 aliphatic rings. The minimum atomic E-state index is -2.47. The molecule has 96 valence electrons. The summed E-state index contributed by atoms with van der Waals surface area (Å²) in [5.74, 6) is -2.30. The van der Waals surface area contributed by atoms with Crippen molar-refractivity contribution in [3.63, 3.8) is 0 Å². The molecule has 0 aliphatic heterocycles. The van der Waals surface area contributed by atoms with Gasteiger partial charge in [0.2, 0.25) is 5.92 Å². The molecule has 0 spiro atoms. The number of nitrogens with zero attached hydrogens (tertiary/aromatic N) is 2. The highest BCUT2D eigenvalue weighted by Crippen LogP contribution is 2.41. The van der Waals surface area contributed by atoms with Crippen molar-refractivity contribution in [3.8, 4) is 0 Å². The Morgan fingerprint density at radius 1 is 1.35 bits per heavy atom. The van der Waals surface area contributed by atoms with Gasteiger partial charge in [-0.3, -0.25) is 0 Å². The molecule has 17 heavy (non-hydrogen) atoms. The second-order valence-corrected chi connectivity index (χ2v) is 5.66. The largest absolute Gasteiger partial charge is 0.311 e. The lowest BCUT2D eigenvalue weighted by Crippen LogP contribution is -2.23. The first-order chi connectivity index (χ1) is 8.02. The van der Waals surface area contributed by atoms with Gasteiger partial charge in [0.05, 0.1) is 6.04 Å². The van der Waals surface area contributed by atoms with Crippen molar-refractivity contribution in [2.75, 3.05) is 7.05 Å². The Balaban J connectivity index is 2.01. The summed E-state index contributed by atoms with van der Waals surface area (Å²) in [7, 11) is 1.87. The van der Waals surface area contributed by atoms with E-state index in [9.17, 15) is 8.78 Å². The summed E-state index contributed by atoms with van der Waals surface area (Å²) in [6.45, 7) is 2.01. The first kappa shape index (κ1) is 12.8. The standard InChI is InChI=1S/C11H17F2N3S/c1-7(14-2)9-15-16-10(17-9)8-3-5-11(12,13)6-4-8/h7-8,14H,3-6H2,1-2H3. The number of alkyl halides is 2. The molecule has 1 aliphatic carbocycles. The van der Waals surface area contributed by atoms with Gasteiger partial charge >= 0.3 is 0 Å². The predicted molar refractivity (Wildman–Crippen MR) is 63.5 cm³/mol. The third kappa shape index (κ3) is 2.98. The Labute approximate surface area is 104 Å². The average Bonchev–Trinajstić information content (AvgIpc) is 2.77. The molecule has 1 saturated carbocycles. The molecule has 1 aromatic heterocycles.